The Bertz CT molecular complexity index is 964. The Morgan fingerprint density at radius 1 is 0.971 bits per heavy atom. The van der Waals surface area contributed by atoms with Gasteiger partial charge in [0.15, 0.2) is 0 Å². The van der Waals surface area contributed by atoms with E-state index in [4.69, 9.17) is 4.99 Å². The molecule has 9 heteroatoms. The number of hydrogen-bond donors (Lipinski definition) is 2. The second kappa shape index (κ2) is 11.0. The lowest BCUT2D eigenvalue weighted by atomic mass is 9.84. The van der Waals surface area contributed by atoms with Crippen molar-refractivity contribution in [1.82, 2.24) is 15.3 Å². The van der Waals surface area contributed by atoms with Crippen LogP contribution in [0.15, 0.2) is 47.7 Å². The Labute approximate surface area is 197 Å². The summed E-state index contributed by atoms with van der Waals surface area (Å²) < 4.78 is 38.5. The minimum atomic E-state index is -4.43. The van der Waals surface area contributed by atoms with E-state index in [1.165, 1.54) is 12.1 Å². The number of amides is 1. The van der Waals surface area contributed by atoms with Crippen molar-refractivity contribution < 1.29 is 18.0 Å². The molecule has 0 spiro atoms. The summed E-state index contributed by atoms with van der Waals surface area (Å²) in [6.07, 6.45) is 7.88. The molecule has 1 aromatic heterocycles. The molecule has 0 unspecified atom stereocenters. The number of rotatable bonds is 6. The van der Waals surface area contributed by atoms with Crippen LogP contribution in [-0.2, 0) is 6.18 Å². The third-order valence-electron chi connectivity index (χ3n) is 6.62. The highest BCUT2D eigenvalue weighted by atomic mass is 19.4. The first-order chi connectivity index (χ1) is 16.4. The first-order valence-electron chi connectivity index (χ1n) is 12.0. The highest BCUT2D eigenvalue weighted by Gasteiger charge is 2.30. The molecule has 0 saturated heterocycles. The molecular formula is C25H30F3N5O. The summed E-state index contributed by atoms with van der Waals surface area (Å²) >= 11 is 0. The van der Waals surface area contributed by atoms with E-state index >= 15 is 0 Å². The number of carbonyl (C=O) groups is 1. The monoisotopic (exact) mass is 473 g/mol. The number of benzene rings is 1. The van der Waals surface area contributed by atoms with Gasteiger partial charge < -0.3 is 10.6 Å². The fraction of sp³-hybridized carbons (Fsp3) is 0.520. The Morgan fingerprint density at radius 3 is 2.24 bits per heavy atom. The molecule has 182 valence electrons. The quantitative estimate of drug-likeness (QED) is 0.421. The van der Waals surface area contributed by atoms with Crippen molar-refractivity contribution in [2.24, 2.45) is 10.9 Å². The molecule has 0 aliphatic heterocycles. The maximum absolute atomic E-state index is 12.8. The van der Waals surface area contributed by atoms with E-state index in [2.05, 4.69) is 20.6 Å². The number of aromatic nitrogens is 2. The van der Waals surface area contributed by atoms with Gasteiger partial charge in [-0.15, -0.1) is 0 Å². The molecule has 2 fully saturated rings. The third-order valence-corrected chi connectivity index (χ3v) is 6.62. The maximum Gasteiger partial charge on any atom is 0.416 e. The number of hydrogen-bond acceptors (Lipinski definition) is 5. The van der Waals surface area contributed by atoms with Gasteiger partial charge in [0.2, 0.25) is 5.95 Å². The summed E-state index contributed by atoms with van der Waals surface area (Å²) in [6, 6.07) is 6.61. The Morgan fingerprint density at radius 2 is 1.62 bits per heavy atom. The summed E-state index contributed by atoms with van der Waals surface area (Å²) in [5.74, 6) is 1.27. The van der Waals surface area contributed by atoms with Crippen molar-refractivity contribution in [3.05, 3.63) is 53.9 Å². The topological polar surface area (TPSA) is 79.3 Å². The summed E-state index contributed by atoms with van der Waals surface area (Å²) in [4.78, 5) is 26.1. The molecule has 1 heterocycles. The van der Waals surface area contributed by atoms with Gasteiger partial charge in [0.1, 0.15) is 5.84 Å². The lowest BCUT2D eigenvalue weighted by Gasteiger charge is -2.29. The molecule has 6 nitrogen and oxygen atoms in total. The largest absolute Gasteiger partial charge is 0.416 e. The highest BCUT2D eigenvalue weighted by Crippen LogP contribution is 2.30. The Kier molecular flexibility index (Phi) is 7.80. The number of alkyl halides is 3. The zero-order chi connectivity index (χ0) is 24.0. The number of aliphatic imine (C=N–C) groups is 1. The van der Waals surface area contributed by atoms with Gasteiger partial charge in [-0.25, -0.2) is 9.97 Å². The molecule has 1 aromatic carbocycles. The van der Waals surface area contributed by atoms with Crippen molar-refractivity contribution in [2.75, 3.05) is 5.32 Å². The van der Waals surface area contributed by atoms with Crippen LogP contribution in [0, 0.1) is 5.92 Å². The smallest absolute Gasteiger partial charge is 0.351 e. The average molecular weight is 474 g/mol. The van der Waals surface area contributed by atoms with Gasteiger partial charge in [0.25, 0.3) is 5.91 Å². The van der Waals surface area contributed by atoms with Gasteiger partial charge in [0.05, 0.1) is 11.6 Å². The predicted octanol–water partition coefficient (Wildman–Crippen LogP) is 5.63. The second-order valence-corrected chi connectivity index (χ2v) is 9.18. The van der Waals surface area contributed by atoms with Crippen LogP contribution in [0.1, 0.15) is 73.7 Å². The maximum atomic E-state index is 12.8. The Balaban J connectivity index is 1.36. The molecule has 2 aliphatic carbocycles. The van der Waals surface area contributed by atoms with E-state index in [1.807, 2.05) is 0 Å². The van der Waals surface area contributed by atoms with Crippen molar-refractivity contribution in [1.29, 1.82) is 0 Å². The van der Waals surface area contributed by atoms with E-state index < -0.39 is 17.6 Å². The summed E-state index contributed by atoms with van der Waals surface area (Å²) in [5.41, 5.74) is -0.571. The number of nitrogens with zero attached hydrogens (tertiary/aromatic N) is 3. The van der Waals surface area contributed by atoms with Crippen molar-refractivity contribution in [3.63, 3.8) is 0 Å². The first kappa shape index (κ1) is 24.2. The van der Waals surface area contributed by atoms with Gasteiger partial charge in [-0.05, 0) is 74.8 Å². The van der Waals surface area contributed by atoms with Crippen molar-refractivity contribution in [2.45, 2.75) is 76.0 Å². The lowest BCUT2D eigenvalue weighted by Crippen LogP contribution is -2.35. The summed E-state index contributed by atoms with van der Waals surface area (Å²) in [7, 11) is 0. The van der Waals surface area contributed by atoms with Gasteiger partial charge >= 0.3 is 6.18 Å². The van der Waals surface area contributed by atoms with E-state index in [9.17, 15) is 18.0 Å². The highest BCUT2D eigenvalue weighted by molar-refractivity contribution is 6.06. The predicted molar refractivity (Wildman–Crippen MR) is 125 cm³/mol. The SMILES string of the molecule is O=C(NC(CC1CCC(Nc2ncccn2)CC1)=NC1CCCC1)c1ccc(C(F)(F)F)cc1. The van der Waals surface area contributed by atoms with Crippen LogP contribution in [0.25, 0.3) is 0 Å². The third kappa shape index (κ3) is 6.77. The van der Waals surface area contributed by atoms with E-state index in [-0.39, 0.29) is 11.6 Å². The molecule has 0 atom stereocenters. The van der Waals surface area contributed by atoms with Crippen LogP contribution in [0.2, 0.25) is 0 Å². The molecule has 34 heavy (non-hydrogen) atoms. The van der Waals surface area contributed by atoms with Crippen LogP contribution >= 0.6 is 0 Å². The second-order valence-electron chi connectivity index (χ2n) is 9.18. The van der Waals surface area contributed by atoms with Crippen LogP contribution in [0.3, 0.4) is 0 Å². The van der Waals surface area contributed by atoms with Crippen LogP contribution in [0.4, 0.5) is 19.1 Å². The van der Waals surface area contributed by atoms with Gasteiger partial charge in [-0.2, -0.15) is 13.2 Å². The van der Waals surface area contributed by atoms with Crippen molar-refractivity contribution in [3.8, 4) is 0 Å². The van der Waals surface area contributed by atoms with Gasteiger partial charge in [-0.1, -0.05) is 12.8 Å². The van der Waals surface area contributed by atoms with Gasteiger partial charge in [-0.3, -0.25) is 9.79 Å². The molecule has 2 aromatic rings. The minimum absolute atomic E-state index is 0.197. The molecule has 2 saturated carbocycles. The van der Waals surface area contributed by atoms with Crippen LogP contribution < -0.4 is 10.6 Å². The Hall–Kier alpha value is -2.97. The lowest BCUT2D eigenvalue weighted by molar-refractivity contribution is -0.137. The molecule has 2 aliphatic rings. The molecular weight excluding hydrogens is 443 g/mol. The van der Waals surface area contributed by atoms with E-state index in [0.29, 0.717) is 30.2 Å². The molecule has 4 rings (SSSR count). The minimum Gasteiger partial charge on any atom is -0.351 e. The number of amidine groups is 1. The van der Waals surface area contributed by atoms with Crippen LogP contribution in [-0.4, -0.2) is 33.8 Å². The summed E-state index contributed by atoms with van der Waals surface area (Å²) in [6.45, 7) is 0. The number of carbonyl (C=O) groups excluding carboxylic acids is 1. The average Bonchev–Trinajstić information content (AvgIpc) is 3.33. The zero-order valence-electron chi connectivity index (χ0n) is 19.0. The summed E-state index contributed by atoms with van der Waals surface area (Å²) in [5, 5.41) is 6.29. The number of anilines is 1. The molecule has 1 amide bonds. The van der Waals surface area contributed by atoms with Gasteiger partial charge in [0, 0.05) is 30.4 Å². The van der Waals surface area contributed by atoms with Crippen LogP contribution in [0.5, 0.6) is 0 Å². The van der Waals surface area contributed by atoms with Crippen molar-refractivity contribution >= 4 is 17.7 Å². The van der Waals surface area contributed by atoms with E-state index in [1.54, 1.807) is 18.5 Å². The fourth-order valence-corrected chi connectivity index (χ4v) is 4.74. The standard InChI is InChI=1S/C25H30F3N5O/c26-25(27,28)19-10-8-18(9-11-19)23(34)33-22(31-20-4-1-2-5-20)16-17-6-12-21(13-7-17)32-24-29-14-3-15-30-24/h3,8-11,14-15,17,20-21H,1-2,4-7,12-13,16H2,(H,29,30,32)(H,31,33,34). The molecule has 0 bridgehead atoms. The number of halogens is 3. The zero-order valence-corrected chi connectivity index (χ0v) is 19.0. The van der Waals surface area contributed by atoms with E-state index in [0.717, 1.165) is 63.5 Å². The molecule has 2 N–H and O–H groups in total. The molecule has 0 radical (unpaired) electrons. The first-order valence-corrected chi connectivity index (χ1v) is 12.0. The normalized spacial score (nSPS) is 21.9. The fourth-order valence-electron chi connectivity index (χ4n) is 4.74. The number of nitrogens with one attached hydrogen (secondary N) is 2.